The van der Waals surface area contributed by atoms with Gasteiger partial charge in [0.25, 0.3) is 5.91 Å². The van der Waals surface area contributed by atoms with Crippen LogP contribution in [0, 0.1) is 38.0 Å². The number of ether oxygens (including phenoxy) is 1. The third kappa shape index (κ3) is 8.07. The molecule has 0 fully saturated rings. The Hall–Kier alpha value is -3.86. The lowest BCUT2D eigenvalue weighted by Crippen LogP contribution is -2.54. The van der Waals surface area contributed by atoms with E-state index in [-0.39, 0.29) is 12.5 Å². The molecule has 3 amide bonds. The number of nitrogens with one attached hydrogen (secondary N) is 2. The molecular weight excluding hydrogens is 468 g/mol. The van der Waals surface area contributed by atoms with Gasteiger partial charge in [-0.05, 0) is 64.2 Å². The Morgan fingerprint density at radius 3 is 2.05 bits per heavy atom. The molecule has 0 bridgehead atoms. The number of benzene rings is 2. The number of carbonyl (C=O) groups excluding carboxylic acids is 3. The lowest BCUT2D eigenvalue weighted by molar-refractivity contribution is -0.140. The fourth-order valence-electron chi connectivity index (χ4n) is 3.92. The number of nitrogens with zero attached hydrogens (tertiary/aromatic N) is 2. The molecule has 2 aromatic rings. The number of anilines is 1. The molecule has 0 saturated heterocycles. The summed E-state index contributed by atoms with van der Waals surface area (Å²) in [6, 6.07) is 12.8. The van der Waals surface area contributed by atoms with E-state index in [1.807, 2.05) is 57.2 Å². The maximum absolute atomic E-state index is 13.9. The van der Waals surface area contributed by atoms with Crippen LogP contribution in [0.1, 0.15) is 62.9 Å². The van der Waals surface area contributed by atoms with Crippen LogP contribution >= 0.6 is 0 Å². The second-order valence-electron chi connectivity index (χ2n) is 10.6. The number of alkyl carbamates (subject to hydrolysis) is 1. The number of nitriles is 1. The maximum atomic E-state index is 13.9. The van der Waals surface area contributed by atoms with Crippen LogP contribution in [0.2, 0.25) is 0 Å². The highest BCUT2D eigenvalue weighted by Gasteiger charge is 2.37. The topological polar surface area (TPSA) is 112 Å². The van der Waals surface area contributed by atoms with Crippen LogP contribution < -0.4 is 10.6 Å². The summed E-state index contributed by atoms with van der Waals surface area (Å²) in [6.07, 6.45) is -0.747. The van der Waals surface area contributed by atoms with E-state index in [1.165, 1.54) is 4.90 Å². The molecule has 2 N–H and O–H groups in total. The monoisotopic (exact) mass is 506 g/mol. The number of carbonyl (C=O) groups is 3. The third-order valence-electron chi connectivity index (χ3n) is 5.81. The fourth-order valence-corrected chi connectivity index (χ4v) is 3.92. The van der Waals surface area contributed by atoms with Crippen LogP contribution in [-0.2, 0) is 14.3 Å². The van der Waals surface area contributed by atoms with Gasteiger partial charge in [-0.2, -0.15) is 5.26 Å². The van der Waals surface area contributed by atoms with Gasteiger partial charge in [0.1, 0.15) is 24.2 Å². The molecular formula is C29H38N4O4. The van der Waals surface area contributed by atoms with Gasteiger partial charge in [-0.15, -0.1) is 0 Å². The van der Waals surface area contributed by atoms with Crippen LogP contribution in [0.25, 0.3) is 0 Å². The fraction of sp³-hybridized carbons (Fsp3) is 0.448. The number of rotatable bonds is 8. The Balaban J connectivity index is 2.53. The molecule has 8 heteroatoms. The molecule has 8 nitrogen and oxygen atoms in total. The third-order valence-corrected chi connectivity index (χ3v) is 5.81. The minimum Gasteiger partial charge on any atom is -0.444 e. The first-order valence-electron chi connectivity index (χ1n) is 12.4. The molecule has 198 valence electrons. The van der Waals surface area contributed by atoms with Crippen LogP contribution in [-0.4, -0.2) is 41.0 Å². The summed E-state index contributed by atoms with van der Waals surface area (Å²) >= 11 is 0. The Morgan fingerprint density at radius 1 is 1.00 bits per heavy atom. The van der Waals surface area contributed by atoms with E-state index in [0.717, 1.165) is 16.7 Å². The average molecular weight is 507 g/mol. The smallest absolute Gasteiger partial charge is 0.408 e. The van der Waals surface area contributed by atoms with Gasteiger partial charge in [-0.25, -0.2) is 4.79 Å². The second kappa shape index (κ2) is 12.4. The zero-order valence-corrected chi connectivity index (χ0v) is 23.0. The van der Waals surface area contributed by atoms with Crippen molar-refractivity contribution in [2.45, 2.75) is 73.1 Å². The summed E-state index contributed by atoms with van der Waals surface area (Å²) < 4.78 is 5.35. The molecule has 0 aliphatic heterocycles. The minimum atomic E-state index is -1.10. The summed E-state index contributed by atoms with van der Waals surface area (Å²) in [6.45, 7) is 14.1. The van der Waals surface area contributed by atoms with Gasteiger partial charge in [0, 0.05) is 5.69 Å². The van der Waals surface area contributed by atoms with Crippen molar-refractivity contribution >= 4 is 23.6 Å². The SMILES string of the molecule is Cc1ccc(C(C(=O)Nc2c(C)cccc2C)N(CC#N)C(=O)C(NC(=O)OC(C)(C)C)C(C)C)cc1. The molecule has 0 aliphatic rings. The Labute approximate surface area is 220 Å². The highest BCUT2D eigenvalue weighted by Crippen LogP contribution is 2.27. The number of hydrogen-bond acceptors (Lipinski definition) is 5. The number of amides is 3. The van der Waals surface area contributed by atoms with Gasteiger partial charge >= 0.3 is 6.09 Å². The lowest BCUT2D eigenvalue weighted by Gasteiger charge is -2.34. The summed E-state index contributed by atoms with van der Waals surface area (Å²) in [7, 11) is 0. The van der Waals surface area contributed by atoms with Gasteiger partial charge in [0.15, 0.2) is 0 Å². The molecule has 2 unspecified atom stereocenters. The van der Waals surface area contributed by atoms with E-state index < -0.39 is 35.6 Å². The first-order valence-corrected chi connectivity index (χ1v) is 12.4. The second-order valence-corrected chi connectivity index (χ2v) is 10.6. The standard InChI is InChI=1S/C29H38N4O4/c1-18(2)23(32-28(36)37-29(6,7)8)27(35)33(17-16-30)25(22-14-12-19(3)13-15-22)26(34)31-24-20(4)10-9-11-21(24)5/h9-15,18,23,25H,17H2,1-8H3,(H,31,34)(H,32,36). The molecule has 2 atom stereocenters. The Bertz CT molecular complexity index is 1140. The average Bonchev–Trinajstić information content (AvgIpc) is 2.79. The predicted molar refractivity (Wildman–Crippen MR) is 144 cm³/mol. The zero-order chi connectivity index (χ0) is 27.9. The van der Waals surface area contributed by atoms with Crippen LogP contribution in [0.3, 0.4) is 0 Å². The minimum absolute atomic E-state index is 0.332. The van der Waals surface area contributed by atoms with E-state index in [1.54, 1.807) is 46.8 Å². The number of hydrogen-bond donors (Lipinski definition) is 2. The first kappa shape index (κ1) is 29.4. The molecule has 0 aromatic heterocycles. The van der Waals surface area contributed by atoms with Gasteiger partial charge in [0.2, 0.25) is 5.91 Å². The molecule has 0 saturated carbocycles. The first-order chi connectivity index (χ1) is 17.2. The van der Waals surface area contributed by atoms with Crippen molar-refractivity contribution in [3.63, 3.8) is 0 Å². The predicted octanol–water partition coefficient (Wildman–Crippen LogP) is 5.19. The number of aryl methyl sites for hydroxylation is 3. The highest BCUT2D eigenvalue weighted by atomic mass is 16.6. The normalized spacial score (nSPS) is 12.8. The molecule has 0 aliphatic carbocycles. The van der Waals surface area contributed by atoms with Crippen molar-refractivity contribution in [1.82, 2.24) is 10.2 Å². The lowest BCUT2D eigenvalue weighted by atomic mass is 9.98. The summed E-state index contributed by atoms with van der Waals surface area (Å²) in [4.78, 5) is 41.4. The van der Waals surface area contributed by atoms with Crippen LogP contribution in [0.5, 0.6) is 0 Å². The Morgan fingerprint density at radius 2 is 1.57 bits per heavy atom. The van der Waals surface area contributed by atoms with Gasteiger partial charge < -0.3 is 20.3 Å². The van der Waals surface area contributed by atoms with Crippen molar-refractivity contribution in [2.75, 3.05) is 11.9 Å². The van der Waals surface area contributed by atoms with E-state index in [4.69, 9.17) is 4.74 Å². The quantitative estimate of drug-likeness (QED) is 0.479. The number of para-hydroxylation sites is 1. The summed E-state index contributed by atoms with van der Waals surface area (Å²) in [5.74, 6) is -1.34. The largest absolute Gasteiger partial charge is 0.444 e. The van der Waals surface area contributed by atoms with Crippen molar-refractivity contribution in [2.24, 2.45) is 5.92 Å². The van der Waals surface area contributed by atoms with E-state index >= 15 is 0 Å². The van der Waals surface area contributed by atoms with Crippen molar-refractivity contribution in [3.8, 4) is 6.07 Å². The van der Waals surface area contributed by atoms with Gasteiger partial charge in [0.05, 0.1) is 6.07 Å². The van der Waals surface area contributed by atoms with Gasteiger partial charge in [-0.3, -0.25) is 9.59 Å². The summed E-state index contributed by atoms with van der Waals surface area (Å²) in [5.41, 5.74) is 3.19. The van der Waals surface area contributed by atoms with Crippen molar-refractivity contribution in [3.05, 3.63) is 64.7 Å². The molecule has 0 spiro atoms. The van der Waals surface area contributed by atoms with Crippen molar-refractivity contribution < 1.29 is 19.1 Å². The Kier molecular flexibility index (Phi) is 9.84. The molecule has 0 heterocycles. The highest BCUT2D eigenvalue weighted by molar-refractivity contribution is 6.00. The van der Waals surface area contributed by atoms with Crippen LogP contribution in [0.15, 0.2) is 42.5 Å². The molecule has 37 heavy (non-hydrogen) atoms. The zero-order valence-electron chi connectivity index (χ0n) is 23.0. The van der Waals surface area contributed by atoms with Gasteiger partial charge in [-0.1, -0.05) is 61.9 Å². The van der Waals surface area contributed by atoms with E-state index in [9.17, 15) is 19.6 Å². The van der Waals surface area contributed by atoms with Crippen molar-refractivity contribution in [1.29, 1.82) is 5.26 Å². The van der Waals surface area contributed by atoms with E-state index in [2.05, 4.69) is 10.6 Å². The molecule has 2 rings (SSSR count). The maximum Gasteiger partial charge on any atom is 0.408 e. The summed E-state index contributed by atoms with van der Waals surface area (Å²) in [5, 5.41) is 15.3. The molecule has 2 aromatic carbocycles. The van der Waals surface area contributed by atoms with Crippen LogP contribution in [0.4, 0.5) is 10.5 Å². The molecule has 0 radical (unpaired) electrons. The van der Waals surface area contributed by atoms with E-state index in [0.29, 0.717) is 11.3 Å².